The Bertz CT molecular complexity index is 550. The summed E-state index contributed by atoms with van der Waals surface area (Å²) in [6, 6.07) is 3.73. The lowest BCUT2D eigenvalue weighted by molar-refractivity contribution is -0.384. The largest absolute Gasteiger partial charge is 0.388 e. The van der Waals surface area contributed by atoms with Crippen molar-refractivity contribution in [3.8, 4) is 0 Å². The van der Waals surface area contributed by atoms with Crippen molar-refractivity contribution in [3.63, 3.8) is 0 Å². The average Bonchev–Trinajstić information content (AvgIpc) is 2.25. The van der Waals surface area contributed by atoms with Crippen molar-refractivity contribution in [2.45, 2.75) is 38.8 Å². The maximum atomic E-state index is 12.1. The molecule has 1 aromatic rings. The highest BCUT2D eigenvalue weighted by Gasteiger charge is 2.36. The second-order valence-corrected chi connectivity index (χ2v) is 5.97. The number of nitrogens with one attached hydrogen (secondary N) is 1. The standard InChI is InChI=1S/C13H17ClN2O4/c1-12(2,13(3,4)18)15-11(17)8-5-6-10(16(19)20)9(14)7-8/h5-7,18H,1-4H3,(H,15,17). The lowest BCUT2D eigenvalue weighted by atomic mass is 9.86. The molecule has 0 aliphatic heterocycles. The quantitative estimate of drug-likeness (QED) is 0.660. The van der Waals surface area contributed by atoms with E-state index in [9.17, 15) is 20.0 Å². The normalized spacial score (nSPS) is 12.1. The van der Waals surface area contributed by atoms with Gasteiger partial charge in [-0.25, -0.2) is 0 Å². The summed E-state index contributed by atoms with van der Waals surface area (Å²) < 4.78 is 0. The fraction of sp³-hybridized carbons (Fsp3) is 0.462. The number of halogens is 1. The minimum Gasteiger partial charge on any atom is -0.388 e. The minimum absolute atomic E-state index is 0.108. The molecule has 0 radical (unpaired) electrons. The van der Waals surface area contributed by atoms with Crippen molar-refractivity contribution in [1.82, 2.24) is 5.32 Å². The summed E-state index contributed by atoms with van der Waals surface area (Å²) in [6.07, 6.45) is 0. The van der Waals surface area contributed by atoms with E-state index in [4.69, 9.17) is 11.6 Å². The molecule has 0 saturated carbocycles. The second-order valence-electron chi connectivity index (χ2n) is 5.56. The van der Waals surface area contributed by atoms with Crippen molar-refractivity contribution in [1.29, 1.82) is 0 Å². The van der Waals surface area contributed by atoms with Gasteiger partial charge in [-0.05, 0) is 39.8 Å². The zero-order valence-electron chi connectivity index (χ0n) is 11.7. The lowest BCUT2D eigenvalue weighted by Gasteiger charge is -2.38. The van der Waals surface area contributed by atoms with Gasteiger partial charge in [0, 0.05) is 11.6 Å². The summed E-state index contributed by atoms with van der Waals surface area (Å²) in [5.41, 5.74) is -2.08. The van der Waals surface area contributed by atoms with Gasteiger partial charge < -0.3 is 10.4 Å². The van der Waals surface area contributed by atoms with E-state index in [1.54, 1.807) is 27.7 Å². The van der Waals surface area contributed by atoms with E-state index in [0.29, 0.717) is 0 Å². The molecule has 0 aliphatic carbocycles. The average molecular weight is 301 g/mol. The number of carbonyl (C=O) groups excluding carboxylic acids is 1. The van der Waals surface area contributed by atoms with Gasteiger partial charge >= 0.3 is 0 Å². The number of nitro groups is 1. The first-order valence-electron chi connectivity index (χ1n) is 5.94. The molecule has 0 unspecified atom stereocenters. The van der Waals surface area contributed by atoms with E-state index < -0.39 is 22.0 Å². The summed E-state index contributed by atoms with van der Waals surface area (Å²) in [5, 5.41) is 23.2. The molecule has 1 aromatic carbocycles. The van der Waals surface area contributed by atoms with Crippen molar-refractivity contribution in [3.05, 3.63) is 38.9 Å². The van der Waals surface area contributed by atoms with Gasteiger partial charge in [0.2, 0.25) is 0 Å². The third-order valence-corrected chi connectivity index (χ3v) is 3.66. The summed E-state index contributed by atoms with van der Waals surface area (Å²) in [6.45, 7) is 6.52. The van der Waals surface area contributed by atoms with Crippen LogP contribution in [0.1, 0.15) is 38.1 Å². The predicted molar refractivity (Wildman–Crippen MR) is 75.9 cm³/mol. The third kappa shape index (κ3) is 3.46. The summed E-state index contributed by atoms with van der Waals surface area (Å²) in [5.74, 6) is -0.464. The monoisotopic (exact) mass is 300 g/mol. The van der Waals surface area contributed by atoms with Crippen LogP contribution in [0.25, 0.3) is 0 Å². The number of nitrogens with zero attached hydrogens (tertiary/aromatic N) is 1. The van der Waals surface area contributed by atoms with Crippen LogP contribution in [0.2, 0.25) is 5.02 Å². The molecule has 0 saturated heterocycles. The Morgan fingerprint density at radius 2 is 1.90 bits per heavy atom. The van der Waals surface area contributed by atoms with Crippen LogP contribution in [0.15, 0.2) is 18.2 Å². The molecule has 0 aromatic heterocycles. The molecule has 0 aliphatic rings. The van der Waals surface area contributed by atoms with Crippen LogP contribution in [0, 0.1) is 10.1 Å². The molecule has 20 heavy (non-hydrogen) atoms. The summed E-state index contributed by atoms with van der Waals surface area (Å²) in [4.78, 5) is 22.1. The summed E-state index contributed by atoms with van der Waals surface area (Å²) in [7, 11) is 0. The molecule has 1 amide bonds. The van der Waals surface area contributed by atoms with Gasteiger partial charge in [0.1, 0.15) is 5.02 Å². The Kier molecular flexibility index (Phi) is 4.41. The van der Waals surface area contributed by atoms with Crippen molar-refractivity contribution in [2.24, 2.45) is 0 Å². The van der Waals surface area contributed by atoms with Gasteiger partial charge in [-0.1, -0.05) is 11.6 Å². The van der Waals surface area contributed by atoms with Crippen LogP contribution < -0.4 is 5.32 Å². The fourth-order valence-electron chi connectivity index (χ4n) is 1.31. The minimum atomic E-state index is -1.13. The van der Waals surface area contributed by atoms with Gasteiger partial charge in [0.25, 0.3) is 11.6 Å². The first kappa shape index (κ1) is 16.4. The lowest BCUT2D eigenvalue weighted by Crippen LogP contribution is -2.57. The van der Waals surface area contributed by atoms with Gasteiger partial charge in [-0.3, -0.25) is 14.9 Å². The van der Waals surface area contributed by atoms with Crippen molar-refractivity contribution < 1.29 is 14.8 Å². The van der Waals surface area contributed by atoms with Gasteiger partial charge in [-0.15, -0.1) is 0 Å². The molecule has 0 fully saturated rings. The Labute approximate surface area is 121 Å². The van der Waals surface area contributed by atoms with Gasteiger partial charge in [0.05, 0.1) is 16.1 Å². The number of rotatable bonds is 4. The van der Waals surface area contributed by atoms with Crippen LogP contribution >= 0.6 is 11.6 Å². The molecule has 6 nitrogen and oxygen atoms in total. The molecule has 0 spiro atoms. The molecule has 7 heteroatoms. The van der Waals surface area contributed by atoms with Crippen LogP contribution in [0.5, 0.6) is 0 Å². The fourth-order valence-corrected chi connectivity index (χ4v) is 1.55. The highest BCUT2D eigenvalue weighted by molar-refractivity contribution is 6.33. The number of benzene rings is 1. The van der Waals surface area contributed by atoms with E-state index in [0.717, 1.165) is 0 Å². The molecule has 0 bridgehead atoms. The van der Waals surface area contributed by atoms with Crippen LogP contribution in [0.4, 0.5) is 5.69 Å². The van der Waals surface area contributed by atoms with Crippen LogP contribution in [-0.2, 0) is 0 Å². The van der Waals surface area contributed by atoms with E-state index >= 15 is 0 Å². The Balaban J connectivity index is 3.00. The van der Waals surface area contributed by atoms with Gasteiger partial charge in [-0.2, -0.15) is 0 Å². The molecule has 2 N–H and O–H groups in total. The highest BCUT2D eigenvalue weighted by atomic mass is 35.5. The first-order valence-corrected chi connectivity index (χ1v) is 6.32. The number of aliphatic hydroxyl groups is 1. The highest BCUT2D eigenvalue weighted by Crippen LogP contribution is 2.26. The first-order chi connectivity index (χ1) is 8.95. The van der Waals surface area contributed by atoms with E-state index in [1.807, 2.05) is 0 Å². The maximum absolute atomic E-state index is 12.1. The molecular formula is C13H17ClN2O4. The Hall–Kier alpha value is -1.66. The number of amides is 1. The number of nitro benzene ring substituents is 1. The Morgan fingerprint density at radius 3 is 2.30 bits per heavy atom. The summed E-state index contributed by atoms with van der Waals surface area (Å²) >= 11 is 5.76. The van der Waals surface area contributed by atoms with Crippen molar-refractivity contribution >= 4 is 23.2 Å². The molecule has 1 rings (SSSR count). The third-order valence-electron chi connectivity index (χ3n) is 3.36. The van der Waals surface area contributed by atoms with Gasteiger partial charge in [0.15, 0.2) is 0 Å². The smallest absolute Gasteiger partial charge is 0.287 e. The predicted octanol–water partition coefficient (Wildman–Crippen LogP) is 2.53. The topological polar surface area (TPSA) is 92.5 Å². The van der Waals surface area contributed by atoms with Crippen LogP contribution in [-0.4, -0.2) is 27.1 Å². The zero-order valence-corrected chi connectivity index (χ0v) is 12.5. The van der Waals surface area contributed by atoms with Crippen molar-refractivity contribution in [2.75, 3.05) is 0 Å². The zero-order chi connectivity index (χ0) is 15.7. The van der Waals surface area contributed by atoms with E-state index in [2.05, 4.69) is 5.32 Å². The number of carbonyl (C=O) groups is 1. The molecule has 0 atom stereocenters. The van der Waals surface area contributed by atoms with Crippen LogP contribution in [0.3, 0.4) is 0 Å². The van der Waals surface area contributed by atoms with E-state index in [1.165, 1.54) is 18.2 Å². The second kappa shape index (κ2) is 5.38. The molecule has 110 valence electrons. The SMILES string of the molecule is CC(C)(O)C(C)(C)NC(=O)c1ccc([N+](=O)[O-])c(Cl)c1. The number of hydrogen-bond acceptors (Lipinski definition) is 4. The van der Waals surface area contributed by atoms with E-state index in [-0.39, 0.29) is 16.3 Å². The maximum Gasteiger partial charge on any atom is 0.287 e. The molecular weight excluding hydrogens is 284 g/mol. The number of hydrogen-bond donors (Lipinski definition) is 2. The Morgan fingerprint density at radius 1 is 1.35 bits per heavy atom. The molecule has 0 heterocycles.